The maximum Gasteiger partial charge on any atom is 0.276 e. The molecule has 1 fully saturated rings. The third kappa shape index (κ3) is 4.93. The van der Waals surface area contributed by atoms with Crippen molar-refractivity contribution in [1.29, 1.82) is 0 Å². The third-order valence-electron chi connectivity index (χ3n) is 6.09. The molecule has 0 bridgehead atoms. The van der Waals surface area contributed by atoms with E-state index in [0.717, 1.165) is 19.6 Å². The highest BCUT2D eigenvalue weighted by molar-refractivity contribution is 5.93. The van der Waals surface area contributed by atoms with Gasteiger partial charge in [-0.25, -0.2) is 4.68 Å². The van der Waals surface area contributed by atoms with Crippen LogP contribution in [0.15, 0.2) is 48.5 Å². The summed E-state index contributed by atoms with van der Waals surface area (Å²) in [5.74, 6) is 0.358. The van der Waals surface area contributed by atoms with Gasteiger partial charge in [-0.2, -0.15) is 0 Å². The molecule has 1 aliphatic heterocycles. The van der Waals surface area contributed by atoms with E-state index in [1.807, 2.05) is 0 Å². The molecule has 172 valence electrons. The highest BCUT2D eigenvalue weighted by atomic mass is 16.6. The van der Waals surface area contributed by atoms with Crippen LogP contribution in [0.3, 0.4) is 0 Å². The Balaban J connectivity index is 1.39. The lowest BCUT2D eigenvalue weighted by atomic mass is 10.0. The molecule has 0 aliphatic carbocycles. The van der Waals surface area contributed by atoms with E-state index in [9.17, 15) is 14.9 Å². The van der Waals surface area contributed by atoms with Crippen molar-refractivity contribution in [2.45, 2.75) is 33.2 Å². The smallest absolute Gasteiger partial charge is 0.276 e. The fourth-order valence-electron chi connectivity index (χ4n) is 4.04. The highest BCUT2D eigenvalue weighted by Gasteiger charge is 2.26. The summed E-state index contributed by atoms with van der Waals surface area (Å²) in [6.07, 6.45) is 0. The maximum atomic E-state index is 13.1. The number of nitrogens with zero attached hydrogens (tertiary/aromatic N) is 6. The minimum atomic E-state index is -0.458. The summed E-state index contributed by atoms with van der Waals surface area (Å²) in [6.45, 7) is 9.81. The zero-order chi connectivity index (χ0) is 23.5. The number of rotatable bonds is 6. The lowest BCUT2D eigenvalue weighted by Crippen LogP contribution is -2.48. The lowest BCUT2D eigenvalue weighted by molar-refractivity contribution is -0.384. The number of piperazine rings is 1. The van der Waals surface area contributed by atoms with E-state index in [1.165, 1.54) is 27.9 Å². The monoisotopic (exact) mass is 448 g/mol. The zero-order valence-electron chi connectivity index (χ0n) is 19.1. The fourth-order valence-corrected chi connectivity index (χ4v) is 4.04. The second kappa shape index (κ2) is 9.50. The van der Waals surface area contributed by atoms with Gasteiger partial charge >= 0.3 is 0 Å². The highest BCUT2D eigenvalue weighted by Crippen LogP contribution is 2.20. The van der Waals surface area contributed by atoms with Crippen molar-refractivity contribution in [2.24, 2.45) is 0 Å². The van der Waals surface area contributed by atoms with Crippen molar-refractivity contribution in [3.05, 3.63) is 81.2 Å². The van der Waals surface area contributed by atoms with Crippen molar-refractivity contribution >= 4 is 11.6 Å². The molecule has 1 aliphatic rings. The Kier molecular flexibility index (Phi) is 6.50. The first-order chi connectivity index (χ1) is 15.8. The molecule has 9 heteroatoms. The molecule has 0 N–H and O–H groups in total. The molecule has 33 heavy (non-hydrogen) atoms. The van der Waals surface area contributed by atoms with Crippen LogP contribution in [0.25, 0.3) is 5.69 Å². The van der Waals surface area contributed by atoms with Crippen LogP contribution in [0.5, 0.6) is 0 Å². The van der Waals surface area contributed by atoms with Gasteiger partial charge in [0, 0.05) is 44.9 Å². The van der Waals surface area contributed by atoms with Crippen LogP contribution in [-0.4, -0.2) is 61.8 Å². The predicted molar refractivity (Wildman–Crippen MR) is 124 cm³/mol. The molecule has 4 rings (SSSR count). The van der Waals surface area contributed by atoms with Gasteiger partial charge < -0.3 is 4.90 Å². The van der Waals surface area contributed by atoms with Crippen molar-refractivity contribution in [3.63, 3.8) is 0 Å². The number of amides is 1. The van der Waals surface area contributed by atoms with E-state index in [4.69, 9.17) is 0 Å². The van der Waals surface area contributed by atoms with Gasteiger partial charge in [-0.05, 0) is 30.0 Å². The summed E-state index contributed by atoms with van der Waals surface area (Å²) in [4.78, 5) is 27.8. The van der Waals surface area contributed by atoms with Crippen molar-refractivity contribution < 1.29 is 9.72 Å². The van der Waals surface area contributed by atoms with E-state index in [-0.39, 0.29) is 17.3 Å². The van der Waals surface area contributed by atoms with E-state index >= 15 is 0 Å². The van der Waals surface area contributed by atoms with Crippen molar-refractivity contribution in [1.82, 2.24) is 24.8 Å². The van der Waals surface area contributed by atoms with Crippen molar-refractivity contribution in [3.8, 4) is 5.69 Å². The van der Waals surface area contributed by atoms with Gasteiger partial charge in [-0.3, -0.25) is 19.8 Å². The Labute approximate surface area is 192 Å². The molecule has 2 aromatic carbocycles. The summed E-state index contributed by atoms with van der Waals surface area (Å²) >= 11 is 0. The third-order valence-corrected chi connectivity index (χ3v) is 6.09. The van der Waals surface area contributed by atoms with Gasteiger partial charge in [0.1, 0.15) is 0 Å². The average molecular weight is 449 g/mol. The molecule has 0 radical (unpaired) electrons. The Bertz CT molecular complexity index is 1150. The Morgan fingerprint density at radius 1 is 1.09 bits per heavy atom. The maximum absolute atomic E-state index is 13.1. The first-order valence-corrected chi connectivity index (χ1v) is 11.1. The molecule has 1 saturated heterocycles. The minimum Gasteiger partial charge on any atom is -0.335 e. The molecule has 1 aromatic heterocycles. The van der Waals surface area contributed by atoms with E-state index in [1.54, 1.807) is 24.0 Å². The van der Waals surface area contributed by atoms with E-state index in [2.05, 4.69) is 53.3 Å². The second-order valence-electron chi connectivity index (χ2n) is 8.68. The number of nitro benzene ring substituents is 1. The number of benzene rings is 2. The van der Waals surface area contributed by atoms with Crippen molar-refractivity contribution in [2.75, 3.05) is 26.2 Å². The average Bonchev–Trinajstić information content (AvgIpc) is 3.20. The summed E-state index contributed by atoms with van der Waals surface area (Å²) in [5, 5.41) is 19.2. The number of hydrogen-bond donors (Lipinski definition) is 0. The van der Waals surface area contributed by atoms with Gasteiger partial charge in [0.15, 0.2) is 5.69 Å². The molecule has 0 unspecified atom stereocenters. The number of carbonyl (C=O) groups is 1. The topological polar surface area (TPSA) is 97.4 Å². The summed E-state index contributed by atoms with van der Waals surface area (Å²) in [5.41, 5.74) is 3.91. The molecule has 0 spiro atoms. The standard InChI is InChI=1S/C24H28N6O3/c1-17(2)20-9-7-19(8-10-20)16-27-11-13-28(14-12-27)24(31)23-18(3)29(26-25-23)21-5-4-6-22(15-21)30(32)33/h4-10,15,17H,11-14,16H2,1-3H3. The molecule has 0 saturated carbocycles. The molecule has 0 atom stereocenters. The van der Waals surface area contributed by atoms with Crippen LogP contribution in [0.1, 0.15) is 47.1 Å². The van der Waals surface area contributed by atoms with Crippen LogP contribution >= 0.6 is 0 Å². The molecule has 3 aromatic rings. The van der Waals surface area contributed by atoms with Gasteiger partial charge in [0.05, 0.1) is 16.3 Å². The number of nitro groups is 1. The van der Waals surface area contributed by atoms with Gasteiger partial charge in [0.2, 0.25) is 0 Å². The second-order valence-corrected chi connectivity index (χ2v) is 8.68. The predicted octanol–water partition coefficient (Wildman–Crippen LogP) is 3.57. The summed E-state index contributed by atoms with van der Waals surface area (Å²) < 4.78 is 1.47. The minimum absolute atomic E-state index is 0.0368. The normalized spacial score (nSPS) is 14.6. The van der Waals surface area contributed by atoms with Crippen LogP contribution in [0.4, 0.5) is 5.69 Å². The molecule has 9 nitrogen and oxygen atoms in total. The number of non-ortho nitro benzene ring substituents is 1. The zero-order valence-corrected chi connectivity index (χ0v) is 19.1. The largest absolute Gasteiger partial charge is 0.335 e. The summed E-state index contributed by atoms with van der Waals surface area (Å²) in [6, 6.07) is 14.9. The van der Waals surface area contributed by atoms with Crippen LogP contribution in [-0.2, 0) is 6.54 Å². The number of carbonyl (C=O) groups excluding carboxylic acids is 1. The van der Waals surface area contributed by atoms with Gasteiger partial charge in [-0.15, -0.1) is 5.10 Å². The van der Waals surface area contributed by atoms with E-state index < -0.39 is 4.92 Å². The van der Waals surface area contributed by atoms with Crippen LogP contribution in [0.2, 0.25) is 0 Å². The molecule has 1 amide bonds. The Hall–Kier alpha value is -3.59. The first-order valence-electron chi connectivity index (χ1n) is 11.1. The van der Waals surface area contributed by atoms with Crippen LogP contribution in [0, 0.1) is 17.0 Å². The number of aromatic nitrogens is 3. The lowest BCUT2D eigenvalue weighted by Gasteiger charge is -2.34. The Morgan fingerprint density at radius 3 is 2.42 bits per heavy atom. The molecular formula is C24H28N6O3. The van der Waals surface area contributed by atoms with Gasteiger partial charge in [0.25, 0.3) is 11.6 Å². The quantitative estimate of drug-likeness (QED) is 0.422. The molecular weight excluding hydrogens is 420 g/mol. The van der Waals surface area contributed by atoms with E-state index in [0.29, 0.717) is 30.4 Å². The summed E-state index contributed by atoms with van der Waals surface area (Å²) in [7, 11) is 0. The SMILES string of the molecule is Cc1c(C(=O)N2CCN(Cc3ccc(C(C)C)cc3)CC2)nnn1-c1cccc([N+](=O)[O-])c1. The Morgan fingerprint density at radius 2 is 1.79 bits per heavy atom. The van der Waals surface area contributed by atoms with Crippen LogP contribution < -0.4 is 0 Å². The van der Waals surface area contributed by atoms with Gasteiger partial charge in [-0.1, -0.05) is 49.4 Å². The first kappa shape index (κ1) is 22.6. The fraction of sp³-hybridized carbons (Fsp3) is 0.375. The molecule has 2 heterocycles. The number of hydrogen-bond acceptors (Lipinski definition) is 6.